The second-order valence-electron chi connectivity index (χ2n) is 4.14. The molecular weight excluding hydrogens is 218 g/mol. The van der Waals surface area contributed by atoms with Gasteiger partial charge in [0.15, 0.2) is 5.90 Å². The lowest BCUT2D eigenvalue weighted by Gasteiger charge is -2.33. The third kappa shape index (κ3) is 2.30. The maximum absolute atomic E-state index is 11.2. The van der Waals surface area contributed by atoms with Gasteiger partial charge in [0.1, 0.15) is 0 Å². The summed E-state index contributed by atoms with van der Waals surface area (Å²) in [4.78, 5) is 15.6. The summed E-state index contributed by atoms with van der Waals surface area (Å²) in [5.41, 5.74) is 2.02. The van der Waals surface area contributed by atoms with Gasteiger partial charge in [-0.3, -0.25) is 0 Å². The van der Waals surface area contributed by atoms with Crippen LogP contribution in [0.15, 0.2) is 29.3 Å². The fourth-order valence-corrected chi connectivity index (χ4v) is 1.64. The highest BCUT2D eigenvalue weighted by Crippen LogP contribution is 2.27. The lowest BCUT2D eigenvalue weighted by Crippen LogP contribution is -2.48. The molecule has 1 aromatic carbocycles. The van der Waals surface area contributed by atoms with E-state index < -0.39 is 6.10 Å². The minimum absolute atomic E-state index is 0.0243. The van der Waals surface area contributed by atoms with Gasteiger partial charge in [-0.1, -0.05) is 17.7 Å². The molecule has 1 saturated heterocycles. The molecule has 4 nitrogen and oxygen atoms in total. The fraction of sp³-hybridized carbons (Fsp3) is 0.385. The first-order valence-electron chi connectivity index (χ1n) is 5.51. The molecule has 0 bridgehead atoms. The van der Waals surface area contributed by atoms with E-state index in [9.17, 15) is 4.79 Å². The van der Waals surface area contributed by atoms with Gasteiger partial charge in [-0.05, 0) is 26.0 Å². The minimum Gasteiger partial charge on any atom is -0.466 e. The molecule has 0 radical (unpaired) electrons. The largest absolute Gasteiger partial charge is 0.466 e. The molecule has 1 aliphatic heterocycles. The van der Waals surface area contributed by atoms with Gasteiger partial charge in [-0.15, -0.1) is 0 Å². The Balaban J connectivity index is 2.06. The molecule has 0 aromatic heterocycles. The standard InChI is InChI=1S/C13H15NO3/c1-8-4-6-10(7-5-8)14-12-9(2)11(17-12)13(15)16-3/h4-7,9,11H,1-3H3. The first-order chi connectivity index (χ1) is 8.11. The second-order valence-corrected chi connectivity index (χ2v) is 4.14. The Kier molecular flexibility index (Phi) is 3.13. The average molecular weight is 233 g/mol. The number of carbonyl (C=O) groups is 1. The number of ether oxygens (including phenoxy) is 2. The van der Waals surface area contributed by atoms with Crippen LogP contribution in [0.3, 0.4) is 0 Å². The summed E-state index contributed by atoms with van der Waals surface area (Å²) in [5, 5.41) is 0. The molecule has 90 valence electrons. The Hall–Kier alpha value is -1.84. The monoisotopic (exact) mass is 233 g/mol. The van der Waals surface area contributed by atoms with Gasteiger partial charge in [0.25, 0.3) is 0 Å². The number of methoxy groups -OCH3 is 1. The van der Waals surface area contributed by atoms with Gasteiger partial charge in [-0.2, -0.15) is 0 Å². The van der Waals surface area contributed by atoms with Crippen molar-refractivity contribution in [2.45, 2.75) is 20.0 Å². The van der Waals surface area contributed by atoms with Gasteiger partial charge >= 0.3 is 5.97 Å². The van der Waals surface area contributed by atoms with E-state index in [4.69, 9.17) is 4.74 Å². The van der Waals surface area contributed by atoms with Crippen LogP contribution >= 0.6 is 0 Å². The maximum atomic E-state index is 11.2. The van der Waals surface area contributed by atoms with E-state index in [0.29, 0.717) is 5.90 Å². The van der Waals surface area contributed by atoms with E-state index in [1.54, 1.807) is 0 Å². The number of carbonyl (C=O) groups excluding carboxylic acids is 1. The van der Waals surface area contributed by atoms with Crippen molar-refractivity contribution in [2.24, 2.45) is 10.9 Å². The number of nitrogens with zero attached hydrogens (tertiary/aromatic N) is 1. The van der Waals surface area contributed by atoms with Gasteiger partial charge in [0.05, 0.1) is 18.7 Å². The summed E-state index contributed by atoms with van der Waals surface area (Å²) >= 11 is 0. The van der Waals surface area contributed by atoms with Crippen LogP contribution in [0.1, 0.15) is 12.5 Å². The van der Waals surface area contributed by atoms with Crippen molar-refractivity contribution >= 4 is 17.6 Å². The molecule has 0 amide bonds. The Labute approximate surface area is 100 Å². The van der Waals surface area contributed by atoms with Gasteiger partial charge < -0.3 is 9.47 Å². The van der Waals surface area contributed by atoms with Crippen LogP contribution < -0.4 is 0 Å². The number of hydrogen-bond donors (Lipinski definition) is 0. The first kappa shape index (κ1) is 11.6. The molecule has 2 rings (SSSR count). The molecule has 0 spiro atoms. The van der Waals surface area contributed by atoms with E-state index in [-0.39, 0.29) is 11.9 Å². The van der Waals surface area contributed by atoms with Crippen LogP contribution in [0, 0.1) is 12.8 Å². The predicted octanol–water partition coefficient (Wildman–Crippen LogP) is 2.23. The molecule has 1 heterocycles. The summed E-state index contributed by atoms with van der Waals surface area (Å²) in [5.74, 6) is 0.216. The molecule has 1 aliphatic rings. The van der Waals surface area contributed by atoms with Crippen molar-refractivity contribution in [1.82, 2.24) is 0 Å². The van der Waals surface area contributed by atoms with Gasteiger partial charge in [0, 0.05) is 0 Å². The number of esters is 1. The third-order valence-electron chi connectivity index (χ3n) is 2.80. The SMILES string of the molecule is COC(=O)C1OC(=Nc2ccc(C)cc2)C1C. The molecule has 2 unspecified atom stereocenters. The highest BCUT2D eigenvalue weighted by atomic mass is 16.6. The van der Waals surface area contributed by atoms with E-state index in [1.807, 2.05) is 38.1 Å². The van der Waals surface area contributed by atoms with Gasteiger partial charge in [-0.25, -0.2) is 9.79 Å². The Bertz CT molecular complexity index is 450. The van der Waals surface area contributed by atoms with Crippen molar-refractivity contribution in [3.05, 3.63) is 29.8 Å². The number of aryl methyl sites for hydroxylation is 1. The molecule has 2 atom stereocenters. The van der Waals surface area contributed by atoms with Crippen LogP contribution in [0.25, 0.3) is 0 Å². The fourth-order valence-electron chi connectivity index (χ4n) is 1.64. The smallest absolute Gasteiger partial charge is 0.347 e. The van der Waals surface area contributed by atoms with Crippen LogP contribution in [-0.4, -0.2) is 25.1 Å². The summed E-state index contributed by atoms with van der Waals surface area (Å²) in [6, 6.07) is 7.81. The molecule has 17 heavy (non-hydrogen) atoms. The second kappa shape index (κ2) is 4.57. The Morgan fingerprint density at radius 3 is 2.53 bits per heavy atom. The average Bonchev–Trinajstić information content (AvgIpc) is 2.35. The Morgan fingerprint density at radius 1 is 1.35 bits per heavy atom. The van der Waals surface area contributed by atoms with Crippen LogP contribution in [0.2, 0.25) is 0 Å². The number of hydrogen-bond acceptors (Lipinski definition) is 4. The van der Waals surface area contributed by atoms with E-state index in [2.05, 4.69) is 9.73 Å². The number of aliphatic imine (C=N–C) groups is 1. The van der Waals surface area contributed by atoms with E-state index in [0.717, 1.165) is 5.69 Å². The highest BCUT2D eigenvalue weighted by Gasteiger charge is 2.42. The molecule has 0 aliphatic carbocycles. The van der Waals surface area contributed by atoms with Crippen molar-refractivity contribution < 1.29 is 14.3 Å². The number of benzene rings is 1. The molecule has 0 saturated carbocycles. The van der Waals surface area contributed by atoms with Crippen molar-refractivity contribution in [1.29, 1.82) is 0 Å². The lowest BCUT2D eigenvalue weighted by molar-refractivity contribution is -0.155. The molecule has 0 N–H and O–H groups in total. The van der Waals surface area contributed by atoms with Gasteiger partial charge in [0.2, 0.25) is 6.10 Å². The number of rotatable bonds is 2. The first-order valence-corrected chi connectivity index (χ1v) is 5.51. The van der Waals surface area contributed by atoms with Crippen LogP contribution in [-0.2, 0) is 14.3 Å². The zero-order chi connectivity index (χ0) is 12.4. The quantitative estimate of drug-likeness (QED) is 0.736. The molecule has 1 aromatic rings. The van der Waals surface area contributed by atoms with Crippen molar-refractivity contribution in [3.8, 4) is 0 Å². The lowest BCUT2D eigenvalue weighted by atomic mass is 9.99. The zero-order valence-electron chi connectivity index (χ0n) is 10.1. The summed E-state index contributed by atoms with van der Waals surface area (Å²) in [6.45, 7) is 3.92. The summed E-state index contributed by atoms with van der Waals surface area (Å²) in [6.07, 6.45) is -0.510. The third-order valence-corrected chi connectivity index (χ3v) is 2.80. The maximum Gasteiger partial charge on any atom is 0.347 e. The van der Waals surface area contributed by atoms with E-state index >= 15 is 0 Å². The molecule has 1 fully saturated rings. The van der Waals surface area contributed by atoms with Crippen molar-refractivity contribution in [3.63, 3.8) is 0 Å². The Morgan fingerprint density at radius 2 is 2.00 bits per heavy atom. The van der Waals surface area contributed by atoms with Crippen molar-refractivity contribution in [2.75, 3.05) is 7.11 Å². The topological polar surface area (TPSA) is 47.9 Å². The van der Waals surface area contributed by atoms with Crippen LogP contribution in [0.4, 0.5) is 5.69 Å². The normalized spacial score (nSPS) is 25.0. The molecule has 4 heteroatoms. The minimum atomic E-state index is -0.510. The zero-order valence-corrected chi connectivity index (χ0v) is 10.1. The summed E-state index contributed by atoms with van der Waals surface area (Å²) in [7, 11) is 1.35. The highest BCUT2D eigenvalue weighted by molar-refractivity contribution is 5.95. The van der Waals surface area contributed by atoms with Crippen LogP contribution in [0.5, 0.6) is 0 Å². The predicted molar refractivity (Wildman–Crippen MR) is 64.3 cm³/mol. The summed E-state index contributed by atoms with van der Waals surface area (Å²) < 4.78 is 9.93. The molecular formula is C13H15NO3. The van der Waals surface area contributed by atoms with E-state index in [1.165, 1.54) is 12.7 Å².